The summed E-state index contributed by atoms with van der Waals surface area (Å²) in [6.45, 7) is 0.698. The van der Waals surface area contributed by atoms with Crippen molar-refractivity contribution in [1.29, 1.82) is 0 Å². The third kappa shape index (κ3) is 7.60. The summed E-state index contributed by atoms with van der Waals surface area (Å²) in [6.07, 6.45) is 1.13. The highest BCUT2D eigenvalue weighted by atomic mass is 35.5. The summed E-state index contributed by atoms with van der Waals surface area (Å²) in [5.74, 6) is -0.367. The lowest BCUT2D eigenvalue weighted by molar-refractivity contribution is -0.146. The van der Waals surface area contributed by atoms with Crippen LogP contribution in [-0.4, -0.2) is 24.5 Å². The molecule has 6 nitrogen and oxygen atoms in total. The molecule has 0 unspecified atom stereocenters. The molecule has 112 valence electrons. The standard InChI is InChI=1S/C13H20N4O2.ClH/c14-11(7-4-8-17-13(15)16)12(18)19-9-10-5-2-1-3-6-10;/h1-3,5-6,11H,4,7-9,14H2,(H4,15,16,17);1H/t11-;/m0./s1. The predicted molar refractivity (Wildman–Crippen MR) is 81.4 cm³/mol. The third-order valence-electron chi connectivity index (χ3n) is 2.49. The average molecular weight is 301 g/mol. The number of carbonyl (C=O) groups excluding carboxylic acids is 1. The summed E-state index contributed by atoms with van der Waals surface area (Å²) in [6, 6.07) is 8.81. The van der Waals surface area contributed by atoms with Crippen molar-refractivity contribution in [2.24, 2.45) is 22.2 Å². The van der Waals surface area contributed by atoms with Crippen molar-refractivity contribution in [3.05, 3.63) is 35.9 Å². The summed E-state index contributed by atoms with van der Waals surface area (Å²) < 4.78 is 5.12. The number of benzene rings is 1. The molecule has 0 spiro atoms. The van der Waals surface area contributed by atoms with Crippen molar-refractivity contribution in [2.75, 3.05) is 6.54 Å². The third-order valence-corrected chi connectivity index (χ3v) is 2.49. The van der Waals surface area contributed by atoms with Crippen LogP contribution in [0.15, 0.2) is 35.3 Å². The number of nitrogens with two attached hydrogens (primary N) is 3. The summed E-state index contributed by atoms with van der Waals surface area (Å²) >= 11 is 0. The van der Waals surface area contributed by atoms with Crippen LogP contribution in [0.1, 0.15) is 18.4 Å². The molecule has 1 aromatic carbocycles. The highest BCUT2D eigenvalue weighted by Crippen LogP contribution is 2.03. The van der Waals surface area contributed by atoms with E-state index in [1.54, 1.807) is 0 Å². The monoisotopic (exact) mass is 300 g/mol. The van der Waals surface area contributed by atoms with Crippen LogP contribution in [0.2, 0.25) is 0 Å². The molecular formula is C13H21ClN4O2. The van der Waals surface area contributed by atoms with Gasteiger partial charge >= 0.3 is 5.97 Å². The number of hydrogen-bond donors (Lipinski definition) is 3. The zero-order valence-electron chi connectivity index (χ0n) is 11.2. The van der Waals surface area contributed by atoms with Gasteiger partial charge in [-0.3, -0.25) is 9.79 Å². The lowest BCUT2D eigenvalue weighted by Gasteiger charge is -2.10. The van der Waals surface area contributed by atoms with E-state index in [-0.39, 0.29) is 25.0 Å². The Balaban J connectivity index is 0.00000361. The van der Waals surface area contributed by atoms with Gasteiger partial charge in [0.15, 0.2) is 5.96 Å². The molecule has 0 aromatic heterocycles. The topological polar surface area (TPSA) is 117 Å². The van der Waals surface area contributed by atoms with Gasteiger partial charge in [0.05, 0.1) is 0 Å². The molecule has 0 aliphatic heterocycles. The van der Waals surface area contributed by atoms with Gasteiger partial charge in [-0.1, -0.05) is 30.3 Å². The zero-order valence-corrected chi connectivity index (χ0v) is 12.0. The van der Waals surface area contributed by atoms with Crippen LogP contribution in [0, 0.1) is 0 Å². The van der Waals surface area contributed by atoms with Crippen LogP contribution < -0.4 is 17.2 Å². The Hall–Kier alpha value is -1.79. The number of hydrogen-bond acceptors (Lipinski definition) is 4. The molecule has 0 radical (unpaired) electrons. The maximum atomic E-state index is 11.6. The molecule has 0 saturated heterocycles. The van der Waals surface area contributed by atoms with Crippen LogP contribution in [0.5, 0.6) is 0 Å². The molecule has 0 aliphatic carbocycles. The van der Waals surface area contributed by atoms with E-state index in [0.29, 0.717) is 19.4 Å². The Morgan fingerprint density at radius 3 is 2.50 bits per heavy atom. The van der Waals surface area contributed by atoms with E-state index in [1.807, 2.05) is 30.3 Å². The maximum absolute atomic E-state index is 11.6. The first-order valence-electron chi connectivity index (χ1n) is 6.11. The van der Waals surface area contributed by atoms with E-state index in [0.717, 1.165) is 5.56 Å². The van der Waals surface area contributed by atoms with E-state index in [4.69, 9.17) is 21.9 Å². The summed E-state index contributed by atoms with van der Waals surface area (Å²) in [4.78, 5) is 15.4. The molecule has 0 aliphatic rings. The Morgan fingerprint density at radius 2 is 1.90 bits per heavy atom. The van der Waals surface area contributed by atoms with Crippen LogP contribution in [-0.2, 0) is 16.1 Å². The fraction of sp³-hybridized carbons (Fsp3) is 0.385. The fourth-order valence-corrected chi connectivity index (χ4v) is 1.47. The minimum absolute atomic E-state index is 0. The SMILES string of the molecule is Cl.NC(N)=NCCC[C@H](N)C(=O)OCc1ccccc1. The molecule has 7 heteroatoms. The average Bonchev–Trinajstić information content (AvgIpc) is 2.41. The van der Waals surface area contributed by atoms with Crippen molar-refractivity contribution in [2.45, 2.75) is 25.5 Å². The van der Waals surface area contributed by atoms with Crippen LogP contribution in [0.4, 0.5) is 0 Å². The van der Waals surface area contributed by atoms with Gasteiger partial charge in [0.1, 0.15) is 12.6 Å². The second-order valence-electron chi connectivity index (χ2n) is 4.15. The summed E-state index contributed by atoms with van der Waals surface area (Å²) in [5, 5.41) is 0. The first-order chi connectivity index (χ1) is 9.09. The zero-order chi connectivity index (χ0) is 14.1. The number of esters is 1. The normalized spacial score (nSPS) is 11.1. The van der Waals surface area contributed by atoms with Gasteiger partial charge in [0, 0.05) is 6.54 Å². The first kappa shape index (κ1) is 18.2. The lowest BCUT2D eigenvalue weighted by Crippen LogP contribution is -2.32. The van der Waals surface area contributed by atoms with Crippen LogP contribution >= 0.6 is 12.4 Å². The molecule has 0 bridgehead atoms. The van der Waals surface area contributed by atoms with Crippen molar-refractivity contribution in [3.8, 4) is 0 Å². The molecule has 1 aromatic rings. The van der Waals surface area contributed by atoms with E-state index < -0.39 is 12.0 Å². The quantitative estimate of drug-likeness (QED) is 0.294. The molecule has 0 heterocycles. The lowest BCUT2D eigenvalue weighted by atomic mass is 10.2. The summed E-state index contributed by atoms with van der Waals surface area (Å²) in [7, 11) is 0. The number of aliphatic imine (C=N–C) groups is 1. The number of carbonyl (C=O) groups is 1. The van der Waals surface area contributed by atoms with Gasteiger partial charge in [-0.05, 0) is 18.4 Å². The smallest absolute Gasteiger partial charge is 0.323 e. The second-order valence-corrected chi connectivity index (χ2v) is 4.15. The van der Waals surface area contributed by atoms with Crippen LogP contribution in [0.3, 0.4) is 0 Å². The molecule has 1 atom stereocenters. The second kappa shape index (κ2) is 10.1. The molecular weight excluding hydrogens is 280 g/mol. The van der Waals surface area contributed by atoms with Crippen molar-refractivity contribution in [3.63, 3.8) is 0 Å². The van der Waals surface area contributed by atoms with Gasteiger partial charge in [0.25, 0.3) is 0 Å². The number of guanidine groups is 1. The fourth-order valence-electron chi connectivity index (χ4n) is 1.47. The molecule has 0 amide bonds. The van der Waals surface area contributed by atoms with E-state index in [9.17, 15) is 4.79 Å². The van der Waals surface area contributed by atoms with E-state index in [1.165, 1.54) is 0 Å². The van der Waals surface area contributed by atoms with Gasteiger partial charge in [0.2, 0.25) is 0 Å². The number of ether oxygens (including phenoxy) is 1. The van der Waals surface area contributed by atoms with E-state index in [2.05, 4.69) is 4.99 Å². The Kier molecular flexibility index (Phi) is 9.15. The highest BCUT2D eigenvalue weighted by molar-refractivity contribution is 5.85. The Bertz CT molecular complexity index is 422. The van der Waals surface area contributed by atoms with Gasteiger partial charge in [-0.2, -0.15) is 0 Å². The van der Waals surface area contributed by atoms with Crippen molar-refractivity contribution < 1.29 is 9.53 Å². The Morgan fingerprint density at radius 1 is 1.25 bits per heavy atom. The largest absolute Gasteiger partial charge is 0.460 e. The number of nitrogens with zero attached hydrogens (tertiary/aromatic N) is 1. The molecule has 20 heavy (non-hydrogen) atoms. The summed E-state index contributed by atoms with van der Waals surface area (Å²) in [5.41, 5.74) is 17.0. The van der Waals surface area contributed by atoms with Crippen LogP contribution in [0.25, 0.3) is 0 Å². The maximum Gasteiger partial charge on any atom is 0.323 e. The van der Waals surface area contributed by atoms with Gasteiger partial charge in [-0.25, -0.2) is 0 Å². The number of halogens is 1. The molecule has 0 saturated carbocycles. The van der Waals surface area contributed by atoms with E-state index >= 15 is 0 Å². The van der Waals surface area contributed by atoms with Gasteiger partial charge < -0.3 is 21.9 Å². The van der Waals surface area contributed by atoms with Gasteiger partial charge in [-0.15, -0.1) is 12.4 Å². The van der Waals surface area contributed by atoms with Crippen molar-refractivity contribution in [1.82, 2.24) is 0 Å². The Labute approximate surface area is 124 Å². The first-order valence-corrected chi connectivity index (χ1v) is 6.11. The molecule has 6 N–H and O–H groups in total. The predicted octanol–water partition coefficient (Wildman–Crippen LogP) is 0.533. The number of rotatable bonds is 7. The minimum Gasteiger partial charge on any atom is -0.460 e. The molecule has 0 fully saturated rings. The highest BCUT2D eigenvalue weighted by Gasteiger charge is 2.14. The van der Waals surface area contributed by atoms with Crippen molar-refractivity contribution >= 4 is 24.3 Å². The minimum atomic E-state index is -0.641. The molecule has 1 rings (SSSR count).